The molecule has 1 amide bonds. The van der Waals surface area contributed by atoms with E-state index < -0.39 is 18.6 Å². The van der Waals surface area contributed by atoms with E-state index in [2.05, 4.69) is 4.98 Å². The molecule has 0 aliphatic heterocycles. The zero-order valence-electron chi connectivity index (χ0n) is 12.1. The number of para-hydroxylation sites is 1. The number of nitrogens with one attached hydrogen (secondary N) is 1. The SMILES string of the molecule is C[C@@H](c1nc2ccccc2s1)N(C)CC(=O)NCC(F)(F)F. The first-order chi connectivity index (χ1) is 10.3. The van der Waals surface area contributed by atoms with Gasteiger partial charge >= 0.3 is 6.18 Å². The molecule has 1 atom stereocenters. The molecule has 4 nitrogen and oxygen atoms in total. The van der Waals surface area contributed by atoms with Crippen molar-refractivity contribution in [3.05, 3.63) is 29.3 Å². The van der Waals surface area contributed by atoms with Gasteiger partial charge in [-0.2, -0.15) is 13.2 Å². The van der Waals surface area contributed by atoms with Crippen molar-refractivity contribution in [2.24, 2.45) is 0 Å². The van der Waals surface area contributed by atoms with Crippen LogP contribution >= 0.6 is 11.3 Å². The Morgan fingerprint density at radius 3 is 2.73 bits per heavy atom. The highest BCUT2D eigenvalue weighted by atomic mass is 32.1. The van der Waals surface area contributed by atoms with Crippen LogP contribution < -0.4 is 5.32 Å². The summed E-state index contributed by atoms with van der Waals surface area (Å²) in [6, 6.07) is 7.51. The minimum absolute atomic E-state index is 0.118. The molecule has 0 saturated heterocycles. The highest BCUT2D eigenvalue weighted by molar-refractivity contribution is 7.18. The second-order valence-electron chi connectivity index (χ2n) is 5.00. The zero-order chi connectivity index (χ0) is 16.3. The number of thiazole rings is 1. The Labute approximate surface area is 129 Å². The van der Waals surface area contributed by atoms with Crippen molar-refractivity contribution in [1.82, 2.24) is 15.2 Å². The summed E-state index contributed by atoms with van der Waals surface area (Å²) >= 11 is 1.51. The van der Waals surface area contributed by atoms with E-state index in [0.717, 1.165) is 15.2 Å². The van der Waals surface area contributed by atoms with Gasteiger partial charge in [-0.15, -0.1) is 11.3 Å². The number of carbonyl (C=O) groups excluding carboxylic acids is 1. The van der Waals surface area contributed by atoms with E-state index in [1.807, 2.05) is 36.5 Å². The first-order valence-electron chi connectivity index (χ1n) is 6.65. The van der Waals surface area contributed by atoms with Gasteiger partial charge in [-0.05, 0) is 26.1 Å². The summed E-state index contributed by atoms with van der Waals surface area (Å²) in [6.07, 6.45) is -4.40. The van der Waals surface area contributed by atoms with Gasteiger partial charge in [0, 0.05) is 0 Å². The van der Waals surface area contributed by atoms with Gasteiger partial charge in [0.05, 0.1) is 22.8 Å². The number of alkyl halides is 3. The van der Waals surface area contributed by atoms with Gasteiger partial charge in [0.2, 0.25) is 5.91 Å². The third-order valence-electron chi connectivity index (χ3n) is 3.21. The molecule has 120 valence electrons. The molecule has 1 aromatic carbocycles. The number of aromatic nitrogens is 1. The first kappa shape index (κ1) is 16.7. The van der Waals surface area contributed by atoms with Crippen molar-refractivity contribution in [1.29, 1.82) is 0 Å². The van der Waals surface area contributed by atoms with E-state index in [4.69, 9.17) is 0 Å². The fourth-order valence-electron chi connectivity index (χ4n) is 1.88. The van der Waals surface area contributed by atoms with Crippen molar-refractivity contribution >= 4 is 27.5 Å². The smallest absolute Gasteiger partial charge is 0.346 e. The summed E-state index contributed by atoms with van der Waals surface area (Å²) < 4.78 is 37.2. The fraction of sp³-hybridized carbons (Fsp3) is 0.429. The zero-order valence-corrected chi connectivity index (χ0v) is 13.0. The largest absolute Gasteiger partial charge is 0.405 e. The molecular formula is C14H16F3N3OS. The van der Waals surface area contributed by atoms with Gasteiger partial charge in [-0.3, -0.25) is 9.69 Å². The Morgan fingerprint density at radius 2 is 2.09 bits per heavy atom. The van der Waals surface area contributed by atoms with Crippen LogP contribution in [0.3, 0.4) is 0 Å². The third kappa shape index (κ3) is 4.41. The van der Waals surface area contributed by atoms with Crippen LogP contribution in [0.5, 0.6) is 0 Å². The van der Waals surface area contributed by atoms with Crippen LogP contribution in [-0.4, -0.2) is 42.1 Å². The Kier molecular flexibility index (Phi) is 5.02. The molecule has 1 N–H and O–H groups in total. The second kappa shape index (κ2) is 6.62. The van der Waals surface area contributed by atoms with Gasteiger partial charge < -0.3 is 5.32 Å². The van der Waals surface area contributed by atoms with Crippen molar-refractivity contribution in [3.8, 4) is 0 Å². The van der Waals surface area contributed by atoms with Crippen molar-refractivity contribution in [2.75, 3.05) is 20.1 Å². The number of halogens is 3. The third-order valence-corrected chi connectivity index (χ3v) is 4.41. The maximum atomic E-state index is 12.1. The van der Waals surface area contributed by atoms with Gasteiger partial charge in [-0.25, -0.2) is 4.98 Å². The molecule has 0 spiro atoms. The standard InChI is InChI=1S/C14H16F3N3OS/c1-9(13-19-10-5-3-4-6-11(10)22-13)20(2)7-12(21)18-8-14(15,16)17/h3-6,9H,7-8H2,1-2H3,(H,18,21)/t9-/m0/s1. The normalized spacial score (nSPS) is 13.5. The average Bonchev–Trinajstić information content (AvgIpc) is 2.87. The Balaban J connectivity index is 1.96. The maximum absolute atomic E-state index is 12.1. The van der Waals surface area contributed by atoms with E-state index in [0.29, 0.717) is 0 Å². The molecule has 0 unspecified atom stereocenters. The van der Waals surface area contributed by atoms with Gasteiger partial charge in [0.25, 0.3) is 0 Å². The minimum Gasteiger partial charge on any atom is -0.346 e. The molecule has 0 saturated carbocycles. The summed E-state index contributed by atoms with van der Waals surface area (Å²) in [6.45, 7) is 0.442. The molecule has 2 rings (SSSR count). The second-order valence-corrected chi connectivity index (χ2v) is 6.07. The molecule has 8 heteroatoms. The number of hydrogen-bond acceptors (Lipinski definition) is 4. The molecular weight excluding hydrogens is 315 g/mol. The van der Waals surface area contributed by atoms with Crippen LogP contribution in [0.1, 0.15) is 18.0 Å². The fourth-order valence-corrected chi connectivity index (χ4v) is 2.96. The molecule has 0 radical (unpaired) electrons. The lowest BCUT2D eigenvalue weighted by atomic mass is 10.3. The maximum Gasteiger partial charge on any atom is 0.405 e. The first-order valence-corrected chi connectivity index (χ1v) is 7.47. The summed E-state index contributed by atoms with van der Waals surface area (Å²) in [5.41, 5.74) is 0.879. The van der Waals surface area contributed by atoms with E-state index >= 15 is 0 Å². The highest BCUT2D eigenvalue weighted by Gasteiger charge is 2.28. The molecule has 0 bridgehead atoms. The molecule has 0 aliphatic carbocycles. The van der Waals surface area contributed by atoms with E-state index in [1.54, 1.807) is 11.9 Å². The molecule has 1 heterocycles. The number of fused-ring (bicyclic) bond motifs is 1. The summed E-state index contributed by atoms with van der Waals surface area (Å²) in [5, 5.41) is 2.69. The number of carbonyl (C=O) groups is 1. The molecule has 2 aromatic rings. The van der Waals surface area contributed by atoms with Crippen LogP contribution in [0.25, 0.3) is 10.2 Å². The average molecular weight is 331 g/mol. The van der Waals surface area contributed by atoms with Crippen molar-refractivity contribution in [2.45, 2.75) is 19.1 Å². The Bertz CT molecular complexity index is 623. The summed E-state index contributed by atoms with van der Waals surface area (Å²) in [4.78, 5) is 17.7. The van der Waals surface area contributed by atoms with Crippen LogP contribution in [-0.2, 0) is 4.79 Å². The predicted octanol–water partition coefficient (Wildman–Crippen LogP) is 2.97. The highest BCUT2D eigenvalue weighted by Crippen LogP contribution is 2.28. The number of amides is 1. The van der Waals surface area contributed by atoms with Crippen molar-refractivity contribution < 1.29 is 18.0 Å². The van der Waals surface area contributed by atoms with Crippen molar-refractivity contribution in [3.63, 3.8) is 0 Å². The lowest BCUT2D eigenvalue weighted by molar-refractivity contribution is -0.139. The van der Waals surface area contributed by atoms with Crippen LogP contribution in [0.15, 0.2) is 24.3 Å². The lowest BCUT2D eigenvalue weighted by Crippen LogP contribution is -2.40. The lowest BCUT2D eigenvalue weighted by Gasteiger charge is -2.22. The number of nitrogens with zero attached hydrogens (tertiary/aromatic N) is 2. The van der Waals surface area contributed by atoms with Crippen LogP contribution in [0.2, 0.25) is 0 Å². The number of hydrogen-bond donors (Lipinski definition) is 1. The number of benzene rings is 1. The van der Waals surface area contributed by atoms with Gasteiger partial charge in [-0.1, -0.05) is 12.1 Å². The number of rotatable bonds is 5. The minimum atomic E-state index is -4.40. The summed E-state index contributed by atoms with van der Waals surface area (Å²) in [5.74, 6) is -0.659. The monoisotopic (exact) mass is 331 g/mol. The van der Waals surface area contributed by atoms with Crippen LogP contribution in [0, 0.1) is 0 Å². The van der Waals surface area contributed by atoms with Crippen LogP contribution in [0.4, 0.5) is 13.2 Å². The van der Waals surface area contributed by atoms with Gasteiger partial charge in [0.15, 0.2) is 0 Å². The van der Waals surface area contributed by atoms with E-state index in [1.165, 1.54) is 11.3 Å². The predicted molar refractivity (Wildman–Crippen MR) is 79.7 cm³/mol. The Morgan fingerprint density at radius 1 is 1.41 bits per heavy atom. The molecule has 0 aliphatic rings. The van der Waals surface area contributed by atoms with E-state index in [-0.39, 0.29) is 12.6 Å². The quantitative estimate of drug-likeness (QED) is 0.916. The topological polar surface area (TPSA) is 45.2 Å². The summed E-state index contributed by atoms with van der Waals surface area (Å²) in [7, 11) is 1.68. The van der Waals surface area contributed by atoms with Gasteiger partial charge in [0.1, 0.15) is 11.6 Å². The molecule has 1 aromatic heterocycles. The molecule has 22 heavy (non-hydrogen) atoms. The number of likely N-dealkylation sites (N-methyl/N-ethyl adjacent to an activating group) is 1. The molecule has 0 fully saturated rings. The van der Waals surface area contributed by atoms with E-state index in [9.17, 15) is 18.0 Å². The Hall–Kier alpha value is -1.67.